The summed E-state index contributed by atoms with van der Waals surface area (Å²) in [7, 11) is 1.73. The molecule has 2 aromatic rings. The van der Waals surface area contributed by atoms with E-state index in [-0.39, 0.29) is 12.5 Å². The van der Waals surface area contributed by atoms with Crippen LogP contribution in [0.5, 0.6) is 0 Å². The van der Waals surface area contributed by atoms with Gasteiger partial charge >= 0.3 is 5.97 Å². The topological polar surface area (TPSA) is 73.5 Å². The Kier molecular flexibility index (Phi) is 4.24. The van der Waals surface area contributed by atoms with E-state index in [9.17, 15) is 9.59 Å². The predicted octanol–water partition coefficient (Wildman–Crippen LogP) is 1.48. The van der Waals surface area contributed by atoms with Gasteiger partial charge in [0.1, 0.15) is 11.5 Å². The summed E-state index contributed by atoms with van der Waals surface area (Å²) in [5.74, 6) is -0.263. The minimum absolute atomic E-state index is 0.262. The van der Waals surface area contributed by atoms with Crippen LogP contribution in [0.1, 0.15) is 23.2 Å². The largest absolute Gasteiger partial charge is 0.467 e. The normalized spacial score (nSPS) is 11.9. The van der Waals surface area contributed by atoms with Crippen LogP contribution < -0.4 is 5.32 Å². The highest BCUT2D eigenvalue weighted by molar-refractivity contribution is 5.90. The van der Waals surface area contributed by atoms with Gasteiger partial charge in [0.2, 0.25) is 0 Å². The van der Waals surface area contributed by atoms with Crippen molar-refractivity contribution in [3.05, 3.63) is 48.2 Å². The second-order valence-electron chi connectivity index (χ2n) is 4.35. The number of carbonyl (C=O) groups is 2. The first-order valence-corrected chi connectivity index (χ1v) is 6.20. The van der Waals surface area contributed by atoms with Gasteiger partial charge < -0.3 is 19.0 Å². The Labute approximate surface area is 116 Å². The minimum Gasteiger partial charge on any atom is -0.467 e. The molecule has 2 aromatic heterocycles. The number of nitrogens with zero attached hydrogens (tertiary/aromatic N) is 1. The van der Waals surface area contributed by atoms with Crippen molar-refractivity contribution in [2.75, 3.05) is 0 Å². The molecule has 0 saturated heterocycles. The van der Waals surface area contributed by atoms with Gasteiger partial charge in [-0.25, -0.2) is 4.79 Å². The molecule has 0 aliphatic carbocycles. The van der Waals surface area contributed by atoms with E-state index in [0.29, 0.717) is 11.5 Å². The molecular formula is C14H16N2O4. The van der Waals surface area contributed by atoms with Crippen molar-refractivity contribution < 1.29 is 18.7 Å². The third-order valence-electron chi connectivity index (χ3n) is 2.82. The van der Waals surface area contributed by atoms with E-state index in [4.69, 9.17) is 9.15 Å². The molecular weight excluding hydrogens is 260 g/mol. The average molecular weight is 276 g/mol. The number of esters is 1. The number of amides is 1. The van der Waals surface area contributed by atoms with E-state index in [1.807, 2.05) is 0 Å². The molecule has 106 valence electrons. The van der Waals surface area contributed by atoms with Crippen molar-refractivity contribution in [2.45, 2.75) is 19.6 Å². The molecule has 0 aromatic carbocycles. The Morgan fingerprint density at radius 2 is 2.20 bits per heavy atom. The highest BCUT2D eigenvalue weighted by Gasteiger charge is 2.20. The summed E-state index contributed by atoms with van der Waals surface area (Å²) in [4.78, 5) is 23.6. The zero-order chi connectivity index (χ0) is 14.5. The summed E-state index contributed by atoms with van der Waals surface area (Å²) in [6.07, 6.45) is 2.39. The van der Waals surface area contributed by atoms with E-state index in [1.54, 1.807) is 42.1 Å². The predicted molar refractivity (Wildman–Crippen MR) is 70.8 cm³/mol. The second kappa shape index (κ2) is 6.10. The zero-order valence-corrected chi connectivity index (χ0v) is 11.3. The number of hydrogen-bond donors (Lipinski definition) is 1. The lowest BCUT2D eigenvalue weighted by atomic mass is 10.3. The first-order valence-electron chi connectivity index (χ1n) is 6.20. The molecule has 0 radical (unpaired) electrons. The van der Waals surface area contributed by atoms with Gasteiger partial charge in [-0.3, -0.25) is 4.79 Å². The summed E-state index contributed by atoms with van der Waals surface area (Å²) in [5.41, 5.74) is 0.399. The summed E-state index contributed by atoms with van der Waals surface area (Å²) < 4.78 is 11.8. The number of rotatable bonds is 5. The smallest absolute Gasteiger partial charge is 0.355 e. The number of furan rings is 1. The molecule has 6 nitrogen and oxygen atoms in total. The Morgan fingerprint density at radius 1 is 1.40 bits per heavy atom. The van der Waals surface area contributed by atoms with E-state index in [2.05, 4.69) is 5.32 Å². The molecule has 2 rings (SSSR count). The molecule has 20 heavy (non-hydrogen) atoms. The summed E-state index contributed by atoms with van der Waals surface area (Å²) in [6.45, 7) is 1.79. The number of hydrogen-bond acceptors (Lipinski definition) is 4. The third kappa shape index (κ3) is 3.28. The van der Waals surface area contributed by atoms with Gasteiger partial charge in [0.25, 0.3) is 5.91 Å². The first kappa shape index (κ1) is 13.9. The molecule has 0 fully saturated rings. The lowest BCUT2D eigenvalue weighted by molar-refractivity contribution is -0.129. The Morgan fingerprint density at radius 3 is 2.80 bits per heavy atom. The highest BCUT2D eigenvalue weighted by atomic mass is 16.5. The van der Waals surface area contributed by atoms with Crippen LogP contribution in [-0.4, -0.2) is 22.5 Å². The average Bonchev–Trinajstić information content (AvgIpc) is 3.06. The van der Waals surface area contributed by atoms with Crippen molar-refractivity contribution in [1.29, 1.82) is 0 Å². The lowest BCUT2D eigenvalue weighted by Crippen LogP contribution is -2.35. The molecule has 0 aliphatic rings. The maximum atomic E-state index is 11.8. The number of nitrogens with one attached hydrogen (secondary N) is 1. The SMILES string of the molecule is C[C@H](OC(=O)c1cccn1C)C(=O)NCc1ccco1. The third-order valence-corrected chi connectivity index (χ3v) is 2.82. The monoisotopic (exact) mass is 276 g/mol. The van der Waals surface area contributed by atoms with Crippen LogP contribution in [0.4, 0.5) is 0 Å². The second-order valence-corrected chi connectivity index (χ2v) is 4.35. The molecule has 1 amide bonds. The van der Waals surface area contributed by atoms with E-state index >= 15 is 0 Å². The lowest BCUT2D eigenvalue weighted by Gasteiger charge is -2.13. The van der Waals surface area contributed by atoms with Gasteiger partial charge in [0, 0.05) is 13.2 Å². The maximum absolute atomic E-state index is 11.8. The van der Waals surface area contributed by atoms with Crippen molar-refractivity contribution in [3.8, 4) is 0 Å². The van der Waals surface area contributed by atoms with Crippen LogP contribution >= 0.6 is 0 Å². The van der Waals surface area contributed by atoms with Gasteiger partial charge in [-0.05, 0) is 31.2 Å². The number of aromatic nitrogens is 1. The van der Waals surface area contributed by atoms with Crippen LogP contribution in [0.25, 0.3) is 0 Å². The summed E-state index contributed by atoms with van der Waals surface area (Å²) in [5, 5.41) is 2.63. The van der Waals surface area contributed by atoms with Gasteiger partial charge in [-0.2, -0.15) is 0 Å². The molecule has 2 heterocycles. The minimum atomic E-state index is -0.868. The first-order chi connectivity index (χ1) is 9.58. The highest BCUT2D eigenvalue weighted by Crippen LogP contribution is 2.05. The fourth-order valence-corrected chi connectivity index (χ4v) is 1.68. The molecule has 1 atom stereocenters. The fourth-order valence-electron chi connectivity index (χ4n) is 1.68. The van der Waals surface area contributed by atoms with Crippen LogP contribution in [0.3, 0.4) is 0 Å². The van der Waals surface area contributed by atoms with Gasteiger partial charge in [-0.1, -0.05) is 0 Å². The van der Waals surface area contributed by atoms with Gasteiger partial charge in [-0.15, -0.1) is 0 Å². The molecule has 0 bridgehead atoms. The van der Waals surface area contributed by atoms with Gasteiger partial charge in [0.15, 0.2) is 6.10 Å². The number of carbonyl (C=O) groups excluding carboxylic acids is 2. The van der Waals surface area contributed by atoms with Crippen molar-refractivity contribution in [2.24, 2.45) is 7.05 Å². The number of aryl methyl sites for hydroxylation is 1. The van der Waals surface area contributed by atoms with Crippen molar-refractivity contribution >= 4 is 11.9 Å². The fraction of sp³-hybridized carbons (Fsp3) is 0.286. The molecule has 0 spiro atoms. The number of ether oxygens (including phenoxy) is 1. The molecule has 0 unspecified atom stereocenters. The standard InChI is InChI=1S/C14H16N2O4/c1-10(13(17)15-9-11-5-4-8-19-11)20-14(18)12-6-3-7-16(12)2/h3-8,10H,9H2,1-2H3,(H,15,17)/t10-/m0/s1. The Hall–Kier alpha value is -2.50. The molecule has 1 N–H and O–H groups in total. The Balaban J connectivity index is 1.85. The van der Waals surface area contributed by atoms with E-state index in [0.717, 1.165) is 0 Å². The van der Waals surface area contributed by atoms with Crippen LogP contribution in [0.2, 0.25) is 0 Å². The van der Waals surface area contributed by atoms with E-state index in [1.165, 1.54) is 13.2 Å². The summed E-state index contributed by atoms with van der Waals surface area (Å²) in [6, 6.07) is 6.86. The van der Waals surface area contributed by atoms with Crippen molar-refractivity contribution in [1.82, 2.24) is 9.88 Å². The Bertz CT molecular complexity index is 586. The van der Waals surface area contributed by atoms with Crippen molar-refractivity contribution in [3.63, 3.8) is 0 Å². The van der Waals surface area contributed by atoms with E-state index < -0.39 is 12.1 Å². The summed E-state index contributed by atoms with van der Waals surface area (Å²) >= 11 is 0. The quantitative estimate of drug-likeness (QED) is 0.839. The van der Waals surface area contributed by atoms with Crippen LogP contribution in [-0.2, 0) is 23.1 Å². The van der Waals surface area contributed by atoms with Crippen LogP contribution in [0.15, 0.2) is 41.1 Å². The zero-order valence-electron chi connectivity index (χ0n) is 11.3. The molecule has 6 heteroatoms. The van der Waals surface area contributed by atoms with Crippen LogP contribution in [0, 0.1) is 0 Å². The maximum Gasteiger partial charge on any atom is 0.355 e. The van der Waals surface area contributed by atoms with Gasteiger partial charge in [0.05, 0.1) is 12.8 Å². The molecule has 0 aliphatic heterocycles. The molecule has 0 saturated carbocycles.